The predicted molar refractivity (Wildman–Crippen MR) is 82.4 cm³/mol. The Kier molecular flexibility index (Phi) is 3.73. The smallest absolute Gasteiger partial charge is 0.316 e. The van der Waals surface area contributed by atoms with Gasteiger partial charge in [0.2, 0.25) is 0 Å². The number of amides is 1. The molecule has 0 bridgehead atoms. The number of fused-ring (bicyclic) bond motifs is 1. The average Bonchev–Trinajstić information content (AvgIpc) is 3.10. The molecule has 24 heavy (non-hydrogen) atoms. The Bertz CT molecular complexity index is 843. The van der Waals surface area contributed by atoms with Crippen LogP contribution in [-0.2, 0) is 0 Å². The van der Waals surface area contributed by atoms with Gasteiger partial charge in [-0.3, -0.25) is 4.79 Å². The number of tetrazole rings is 1. The van der Waals surface area contributed by atoms with Crippen LogP contribution in [0.4, 0.5) is 0 Å². The van der Waals surface area contributed by atoms with E-state index in [-0.39, 0.29) is 12.0 Å². The molecule has 1 aliphatic heterocycles. The molecule has 3 aromatic heterocycles. The molecule has 9 nitrogen and oxygen atoms in total. The van der Waals surface area contributed by atoms with Crippen molar-refractivity contribution in [2.75, 3.05) is 13.1 Å². The van der Waals surface area contributed by atoms with Crippen molar-refractivity contribution in [2.24, 2.45) is 0 Å². The van der Waals surface area contributed by atoms with Crippen molar-refractivity contribution in [3.8, 4) is 6.01 Å². The second-order valence-electron chi connectivity index (χ2n) is 5.54. The van der Waals surface area contributed by atoms with Gasteiger partial charge >= 0.3 is 6.01 Å². The fraction of sp³-hybridized carbons (Fsp3) is 0.333. The monoisotopic (exact) mass is 325 g/mol. The van der Waals surface area contributed by atoms with Gasteiger partial charge in [0.1, 0.15) is 6.10 Å². The van der Waals surface area contributed by atoms with E-state index in [0.29, 0.717) is 30.3 Å². The average molecular weight is 325 g/mol. The Hall–Kier alpha value is -3.10. The number of hydrogen-bond acceptors (Lipinski definition) is 7. The first-order valence-corrected chi connectivity index (χ1v) is 7.70. The maximum atomic E-state index is 12.6. The maximum absolute atomic E-state index is 12.6. The fourth-order valence-corrected chi connectivity index (χ4v) is 2.73. The first-order chi connectivity index (χ1) is 11.8. The number of carbonyl (C=O) groups is 1. The van der Waals surface area contributed by atoms with E-state index in [4.69, 9.17) is 4.74 Å². The lowest BCUT2D eigenvalue weighted by atomic mass is 10.1. The molecule has 0 spiro atoms. The van der Waals surface area contributed by atoms with Crippen LogP contribution in [0.2, 0.25) is 0 Å². The minimum atomic E-state index is -0.0186. The molecule has 0 radical (unpaired) electrons. The van der Waals surface area contributed by atoms with Gasteiger partial charge < -0.3 is 9.64 Å². The zero-order chi connectivity index (χ0) is 16.4. The molecule has 4 rings (SSSR count). The molecule has 0 aliphatic carbocycles. The Morgan fingerprint density at radius 2 is 2.00 bits per heavy atom. The van der Waals surface area contributed by atoms with E-state index >= 15 is 0 Å². The Morgan fingerprint density at radius 3 is 2.79 bits per heavy atom. The second-order valence-corrected chi connectivity index (χ2v) is 5.54. The summed E-state index contributed by atoms with van der Waals surface area (Å²) >= 11 is 0. The highest BCUT2D eigenvalue weighted by Gasteiger charge is 2.25. The molecule has 1 fully saturated rings. The number of carbonyl (C=O) groups excluding carboxylic acids is 1. The summed E-state index contributed by atoms with van der Waals surface area (Å²) in [6, 6.07) is 5.55. The molecule has 4 heterocycles. The summed E-state index contributed by atoms with van der Waals surface area (Å²) in [5, 5.41) is 11.2. The van der Waals surface area contributed by atoms with E-state index in [1.165, 1.54) is 4.52 Å². The topological polar surface area (TPSA) is 98.4 Å². The predicted octanol–water partition coefficient (Wildman–Crippen LogP) is 0.598. The third kappa shape index (κ3) is 2.87. The summed E-state index contributed by atoms with van der Waals surface area (Å²) in [6.45, 7) is 1.26. The van der Waals surface area contributed by atoms with Gasteiger partial charge in [-0.1, -0.05) is 0 Å². The molecule has 0 atom stereocenters. The quantitative estimate of drug-likeness (QED) is 0.695. The van der Waals surface area contributed by atoms with Crippen LogP contribution in [0.15, 0.2) is 36.8 Å². The van der Waals surface area contributed by atoms with Crippen molar-refractivity contribution in [3.05, 3.63) is 42.4 Å². The fourth-order valence-electron chi connectivity index (χ4n) is 2.73. The van der Waals surface area contributed by atoms with Gasteiger partial charge in [0.25, 0.3) is 5.91 Å². The van der Waals surface area contributed by atoms with Crippen LogP contribution in [0.5, 0.6) is 6.01 Å². The van der Waals surface area contributed by atoms with Crippen molar-refractivity contribution in [2.45, 2.75) is 18.9 Å². The van der Waals surface area contributed by atoms with Gasteiger partial charge in [-0.05, 0) is 28.6 Å². The van der Waals surface area contributed by atoms with Crippen LogP contribution in [0, 0.1) is 0 Å². The molecule has 1 aliphatic rings. The van der Waals surface area contributed by atoms with E-state index in [9.17, 15) is 4.79 Å². The summed E-state index contributed by atoms with van der Waals surface area (Å²) in [4.78, 5) is 22.6. The van der Waals surface area contributed by atoms with E-state index in [1.807, 2.05) is 4.90 Å². The second kappa shape index (κ2) is 6.19. The lowest BCUT2D eigenvalue weighted by Gasteiger charge is -2.31. The van der Waals surface area contributed by atoms with Crippen molar-refractivity contribution in [3.63, 3.8) is 0 Å². The maximum Gasteiger partial charge on any atom is 0.316 e. The van der Waals surface area contributed by atoms with Crippen molar-refractivity contribution < 1.29 is 9.53 Å². The molecule has 122 valence electrons. The van der Waals surface area contributed by atoms with E-state index in [2.05, 4.69) is 25.5 Å². The highest BCUT2D eigenvalue weighted by atomic mass is 16.5. The third-order valence-electron chi connectivity index (χ3n) is 3.99. The lowest BCUT2D eigenvalue weighted by molar-refractivity contribution is 0.0578. The number of rotatable bonds is 3. The first-order valence-electron chi connectivity index (χ1n) is 7.70. The number of aromatic nitrogens is 6. The number of nitrogens with zero attached hydrogens (tertiary/aromatic N) is 7. The number of likely N-dealkylation sites (tertiary alicyclic amines) is 1. The summed E-state index contributed by atoms with van der Waals surface area (Å²) in [5.41, 5.74) is 1.14. The van der Waals surface area contributed by atoms with Crippen LogP contribution in [0.1, 0.15) is 23.2 Å². The van der Waals surface area contributed by atoms with Gasteiger partial charge in [0.15, 0.2) is 5.65 Å². The summed E-state index contributed by atoms with van der Waals surface area (Å²) < 4.78 is 7.27. The molecular formula is C15H15N7O2. The van der Waals surface area contributed by atoms with Crippen LogP contribution >= 0.6 is 0 Å². The van der Waals surface area contributed by atoms with Gasteiger partial charge in [-0.15, -0.1) is 5.10 Å². The molecule has 9 heteroatoms. The molecule has 0 saturated carbocycles. The highest BCUT2D eigenvalue weighted by Crippen LogP contribution is 2.18. The SMILES string of the molecule is O=C(c1ccn2nnnc2c1)N1CCC(Oc2ncccn2)CC1. The Balaban J connectivity index is 1.39. The van der Waals surface area contributed by atoms with E-state index in [1.54, 1.807) is 36.8 Å². The van der Waals surface area contributed by atoms with Crippen molar-refractivity contribution >= 4 is 11.6 Å². The summed E-state index contributed by atoms with van der Waals surface area (Å²) in [5.74, 6) is -0.0186. The van der Waals surface area contributed by atoms with Crippen LogP contribution in [-0.4, -0.2) is 60.0 Å². The summed E-state index contributed by atoms with van der Waals surface area (Å²) in [6.07, 6.45) is 6.51. The molecule has 1 amide bonds. The van der Waals surface area contributed by atoms with E-state index < -0.39 is 0 Å². The molecule has 1 saturated heterocycles. The van der Waals surface area contributed by atoms with Crippen molar-refractivity contribution in [1.29, 1.82) is 0 Å². The molecule has 0 aromatic carbocycles. The van der Waals surface area contributed by atoms with Crippen LogP contribution in [0.25, 0.3) is 5.65 Å². The van der Waals surface area contributed by atoms with Crippen LogP contribution < -0.4 is 4.74 Å². The zero-order valence-corrected chi connectivity index (χ0v) is 12.8. The van der Waals surface area contributed by atoms with Gasteiger partial charge in [0, 0.05) is 50.1 Å². The number of ether oxygens (including phenoxy) is 1. The number of pyridine rings is 1. The highest BCUT2D eigenvalue weighted by molar-refractivity contribution is 5.95. The minimum Gasteiger partial charge on any atom is -0.460 e. The van der Waals surface area contributed by atoms with Crippen LogP contribution in [0.3, 0.4) is 0 Å². The summed E-state index contributed by atoms with van der Waals surface area (Å²) in [7, 11) is 0. The zero-order valence-electron chi connectivity index (χ0n) is 12.8. The standard InChI is InChI=1S/C15H15N7O2/c23-14(11-2-9-22-13(10-11)18-19-20-22)21-7-3-12(4-8-21)24-15-16-5-1-6-17-15/h1-2,5-6,9-10,12H,3-4,7-8H2. The van der Waals surface area contributed by atoms with Gasteiger partial charge in [-0.25, -0.2) is 14.5 Å². The minimum absolute atomic E-state index is 0.0186. The van der Waals surface area contributed by atoms with Gasteiger partial charge in [-0.2, -0.15) is 0 Å². The van der Waals surface area contributed by atoms with Crippen molar-refractivity contribution in [1.82, 2.24) is 34.9 Å². The number of piperidine rings is 1. The normalized spacial score (nSPS) is 15.6. The molecule has 0 N–H and O–H groups in total. The number of hydrogen-bond donors (Lipinski definition) is 0. The molecule has 3 aromatic rings. The Morgan fingerprint density at radius 1 is 1.21 bits per heavy atom. The largest absolute Gasteiger partial charge is 0.460 e. The lowest BCUT2D eigenvalue weighted by Crippen LogP contribution is -2.42. The Labute approximate surface area is 137 Å². The van der Waals surface area contributed by atoms with E-state index in [0.717, 1.165) is 12.8 Å². The molecular weight excluding hydrogens is 310 g/mol. The van der Waals surface area contributed by atoms with Gasteiger partial charge in [0.05, 0.1) is 0 Å². The third-order valence-corrected chi connectivity index (χ3v) is 3.99. The molecule has 0 unspecified atom stereocenters. The first kappa shape index (κ1) is 14.5.